The molecule has 0 spiro atoms. The predicted octanol–water partition coefficient (Wildman–Crippen LogP) is 4.25. The second-order valence-corrected chi connectivity index (χ2v) is 8.63. The number of thioether (sulfide) groups is 1. The molecule has 1 N–H and O–H groups in total. The molecule has 1 saturated carbocycles. The van der Waals surface area contributed by atoms with Gasteiger partial charge in [-0.3, -0.25) is 0 Å². The lowest BCUT2D eigenvalue weighted by Crippen LogP contribution is -2.29. The molecule has 142 valence electrons. The normalized spacial score (nSPS) is 27.8. The Morgan fingerprint density at radius 1 is 1.19 bits per heavy atom. The Labute approximate surface area is 154 Å². The van der Waals surface area contributed by atoms with Crippen molar-refractivity contribution in [3.8, 4) is 0 Å². The average Bonchev–Trinajstić information content (AvgIpc) is 3.05. The summed E-state index contributed by atoms with van der Waals surface area (Å²) in [7, 11) is 0. The lowest BCUT2D eigenvalue weighted by atomic mass is 9.80. The zero-order valence-corrected chi connectivity index (χ0v) is 15.5. The minimum atomic E-state index is -4.07. The zero-order valence-electron chi connectivity index (χ0n) is 14.7. The topological polar surface area (TPSA) is 42.2 Å². The second kappa shape index (κ2) is 7.03. The molecule has 1 aliphatic heterocycles. The molecule has 0 radical (unpaired) electrons. The number of hydrogen-bond donors (Lipinski definition) is 1. The van der Waals surface area contributed by atoms with Crippen LogP contribution in [0.5, 0.6) is 0 Å². The smallest absolute Gasteiger partial charge is 0.314 e. The lowest BCUT2D eigenvalue weighted by molar-refractivity contribution is -0.182. The number of nitrogens with zero attached hydrogens (tertiary/aromatic N) is 3. The van der Waals surface area contributed by atoms with E-state index in [1.807, 2.05) is 29.3 Å². The van der Waals surface area contributed by atoms with Crippen LogP contribution in [0.1, 0.15) is 53.9 Å². The van der Waals surface area contributed by atoms with E-state index < -0.39 is 12.1 Å². The molecular formula is C18H23F3N4S. The third kappa shape index (κ3) is 3.58. The molecule has 1 aliphatic carbocycles. The van der Waals surface area contributed by atoms with Gasteiger partial charge in [-0.1, -0.05) is 0 Å². The fourth-order valence-electron chi connectivity index (χ4n) is 4.05. The van der Waals surface area contributed by atoms with Crippen LogP contribution in [0.15, 0.2) is 12.1 Å². The van der Waals surface area contributed by atoms with Crippen molar-refractivity contribution in [2.45, 2.75) is 50.0 Å². The Bertz CT molecular complexity index is 775. The van der Waals surface area contributed by atoms with E-state index in [2.05, 4.69) is 16.4 Å². The van der Waals surface area contributed by atoms with Crippen molar-refractivity contribution in [2.75, 3.05) is 18.8 Å². The molecule has 1 unspecified atom stereocenters. The molecule has 2 aromatic rings. The van der Waals surface area contributed by atoms with Gasteiger partial charge in [0.05, 0.1) is 22.6 Å². The summed E-state index contributed by atoms with van der Waals surface area (Å²) in [6.07, 6.45) is -2.58. The second-order valence-electron chi connectivity index (χ2n) is 7.32. The number of aryl methyl sites for hydroxylation is 1. The fraction of sp³-hybridized carbons (Fsp3) is 0.667. The zero-order chi connectivity index (χ0) is 18.3. The molecule has 3 heterocycles. The third-order valence-electron chi connectivity index (χ3n) is 5.47. The minimum Gasteiger partial charge on any atom is -0.314 e. The molecule has 4 rings (SSSR count). The molecule has 2 aliphatic rings. The van der Waals surface area contributed by atoms with Crippen molar-refractivity contribution in [3.63, 3.8) is 0 Å². The number of halogens is 3. The first-order valence-electron chi connectivity index (χ1n) is 9.18. The fourth-order valence-corrected chi connectivity index (χ4v) is 5.17. The Morgan fingerprint density at radius 2 is 1.96 bits per heavy atom. The van der Waals surface area contributed by atoms with E-state index in [0.717, 1.165) is 41.6 Å². The highest BCUT2D eigenvalue weighted by atomic mass is 32.2. The van der Waals surface area contributed by atoms with Crippen LogP contribution in [0.4, 0.5) is 13.2 Å². The Morgan fingerprint density at radius 3 is 2.62 bits per heavy atom. The van der Waals surface area contributed by atoms with Gasteiger partial charge in [0.1, 0.15) is 0 Å². The van der Waals surface area contributed by atoms with E-state index in [1.54, 1.807) is 0 Å². The van der Waals surface area contributed by atoms with Crippen LogP contribution in [-0.2, 0) is 0 Å². The number of aromatic nitrogens is 3. The van der Waals surface area contributed by atoms with Crippen LogP contribution >= 0.6 is 11.8 Å². The van der Waals surface area contributed by atoms with Gasteiger partial charge in [0.2, 0.25) is 0 Å². The van der Waals surface area contributed by atoms with Crippen molar-refractivity contribution >= 4 is 17.4 Å². The van der Waals surface area contributed by atoms with E-state index in [1.165, 1.54) is 0 Å². The molecule has 2 fully saturated rings. The maximum Gasteiger partial charge on any atom is 0.391 e. The van der Waals surface area contributed by atoms with E-state index in [9.17, 15) is 13.2 Å². The summed E-state index contributed by atoms with van der Waals surface area (Å²) in [6, 6.07) is 4.05. The van der Waals surface area contributed by atoms with Gasteiger partial charge in [0.15, 0.2) is 5.65 Å². The van der Waals surface area contributed by atoms with Crippen LogP contribution in [0.25, 0.3) is 5.65 Å². The number of rotatable bonds is 2. The highest BCUT2D eigenvalue weighted by Gasteiger charge is 2.42. The van der Waals surface area contributed by atoms with Gasteiger partial charge in [0.25, 0.3) is 0 Å². The summed E-state index contributed by atoms with van der Waals surface area (Å²) < 4.78 is 40.6. The van der Waals surface area contributed by atoms with Gasteiger partial charge in [-0.15, -0.1) is 11.8 Å². The Kier molecular flexibility index (Phi) is 4.90. The van der Waals surface area contributed by atoms with Crippen LogP contribution in [-0.4, -0.2) is 39.6 Å². The predicted molar refractivity (Wildman–Crippen MR) is 96.5 cm³/mol. The largest absolute Gasteiger partial charge is 0.391 e. The molecule has 0 bridgehead atoms. The first kappa shape index (κ1) is 18.1. The first-order chi connectivity index (χ1) is 12.4. The summed E-state index contributed by atoms with van der Waals surface area (Å²) in [5, 5.41) is 8.51. The SMILES string of the molecule is Cc1cc(C2CNCCS2)n2nc([C@H]3CC[C@H](C(F)(F)F)CC3)cc2n1. The third-order valence-corrected chi connectivity index (χ3v) is 6.72. The van der Waals surface area contributed by atoms with Gasteiger partial charge >= 0.3 is 6.18 Å². The van der Waals surface area contributed by atoms with E-state index in [4.69, 9.17) is 5.10 Å². The van der Waals surface area contributed by atoms with E-state index in [0.29, 0.717) is 18.1 Å². The molecule has 1 atom stereocenters. The van der Waals surface area contributed by atoms with Gasteiger partial charge in [-0.05, 0) is 38.7 Å². The Hall–Kier alpha value is -1.28. The van der Waals surface area contributed by atoms with Gasteiger partial charge < -0.3 is 5.32 Å². The number of fused-ring (bicyclic) bond motifs is 1. The summed E-state index contributed by atoms with van der Waals surface area (Å²) in [4.78, 5) is 4.59. The molecule has 4 nitrogen and oxygen atoms in total. The highest BCUT2D eigenvalue weighted by Crippen LogP contribution is 2.43. The molecule has 26 heavy (non-hydrogen) atoms. The highest BCUT2D eigenvalue weighted by molar-refractivity contribution is 7.99. The maximum atomic E-state index is 12.9. The van der Waals surface area contributed by atoms with Crippen LogP contribution in [0.3, 0.4) is 0 Å². The standard InChI is InChI=1S/C18H23F3N4S/c1-11-8-15(16-10-22-6-7-26-16)25-17(23-11)9-14(24-25)12-2-4-13(5-3-12)18(19,20)21/h8-9,12-13,16,22H,2-7,10H2,1H3/t12-,13-,16?. The van der Waals surface area contributed by atoms with Crippen LogP contribution in [0, 0.1) is 12.8 Å². The molecular weight excluding hydrogens is 361 g/mol. The quantitative estimate of drug-likeness (QED) is 0.841. The van der Waals surface area contributed by atoms with Gasteiger partial charge in [-0.25, -0.2) is 9.50 Å². The molecule has 0 amide bonds. The molecule has 8 heteroatoms. The lowest BCUT2D eigenvalue weighted by Gasteiger charge is -2.28. The summed E-state index contributed by atoms with van der Waals surface area (Å²) >= 11 is 1.91. The molecule has 1 saturated heterocycles. The van der Waals surface area contributed by atoms with E-state index in [-0.39, 0.29) is 18.8 Å². The minimum absolute atomic E-state index is 0.0978. The van der Waals surface area contributed by atoms with Gasteiger partial charge in [0, 0.05) is 36.5 Å². The molecule has 0 aromatic carbocycles. The summed E-state index contributed by atoms with van der Waals surface area (Å²) in [6.45, 7) is 3.89. The Balaban J connectivity index is 1.60. The van der Waals surface area contributed by atoms with Crippen molar-refractivity contribution < 1.29 is 13.2 Å². The average molecular weight is 384 g/mol. The summed E-state index contributed by atoms with van der Waals surface area (Å²) in [5.74, 6) is 0.000323. The maximum absolute atomic E-state index is 12.9. The van der Waals surface area contributed by atoms with Crippen molar-refractivity contribution in [2.24, 2.45) is 5.92 Å². The van der Waals surface area contributed by atoms with Crippen molar-refractivity contribution in [1.82, 2.24) is 19.9 Å². The van der Waals surface area contributed by atoms with Crippen molar-refractivity contribution in [3.05, 3.63) is 29.2 Å². The van der Waals surface area contributed by atoms with Crippen LogP contribution < -0.4 is 5.32 Å². The monoisotopic (exact) mass is 384 g/mol. The van der Waals surface area contributed by atoms with E-state index >= 15 is 0 Å². The first-order valence-corrected chi connectivity index (χ1v) is 10.2. The summed E-state index contributed by atoms with van der Waals surface area (Å²) in [5.41, 5.74) is 3.77. The van der Waals surface area contributed by atoms with Crippen molar-refractivity contribution in [1.29, 1.82) is 0 Å². The van der Waals surface area contributed by atoms with Gasteiger partial charge in [-0.2, -0.15) is 18.3 Å². The number of nitrogens with one attached hydrogen (secondary N) is 1. The molecule has 2 aromatic heterocycles. The number of alkyl halides is 3. The number of hydrogen-bond acceptors (Lipinski definition) is 4. The van der Waals surface area contributed by atoms with Crippen LogP contribution in [0.2, 0.25) is 0 Å².